The molecule has 28 heavy (non-hydrogen) atoms. The molecular weight excluding hydrogens is 380 g/mol. The molecule has 0 atom stereocenters. The zero-order valence-electron chi connectivity index (χ0n) is 15.2. The van der Waals surface area contributed by atoms with Gasteiger partial charge in [0.1, 0.15) is 5.69 Å². The Balaban J connectivity index is 1.27. The third kappa shape index (κ3) is 4.33. The summed E-state index contributed by atoms with van der Waals surface area (Å²) >= 11 is 1.26. The molecule has 1 N–H and O–H groups in total. The van der Waals surface area contributed by atoms with E-state index in [0.717, 1.165) is 12.8 Å². The van der Waals surface area contributed by atoms with Crippen LogP contribution in [-0.2, 0) is 16.0 Å². The fourth-order valence-electron chi connectivity index (χ4n) is 3.05. The van der Waals surface area contributed by atoms with Gasteiger partial charge in [-0.15, -0.1) is 11.3 Å². The quantitative estimate of drug-likeness (QED) is 0.796. The number of nitrogens with one attached hydrogen (secondary N) is 1. The zero-order chi connectivity index (χ0) is 19.5. The summed E-state index contributed by atoms with van der Waals surface area (Å²) in [6.45, 7) is 2.30. The number of rotatable bonds is 5. The summed E-state index contributed by atoms with van der Waals surface area (Å²) in [4.78, 5) is 52.4. The lowest BCUT2D eigenvalue weighted by Gasteiger charge is -2.34. The predicted octanol–water partition coefficient (Wildman–Crippen LogP) is 0.809. The molecule has 2 aromatic rings. The normalized spacial score (nSPS) is 16.7. The minimum Gasteiger partial charge on any atom is -0.339 e. The van der Waals surface area contributed by atoms with Gasteiger partial charge < -0.3 is 9.80 Å². The van der Waals surface area contributed by atoms with Crippen molar-refractivity contribution in [3.63, 3.8) is 0 Å². The number of hydrogen-bond donors (Lipinski definition) is 1. The highest BCUT2D eigenvalue weighted by Crippen LogP contribution is 2.31. The largest absolute Gasteiger partial charge is 0.339 e. The van der Waals surface area contributed by atoms with Crippen molar-refractivity contribution in [2.75, 3.05) is 31.5 Å². The van der Waals surface area contributed by atoms with Gasteiger partial charge in [-0.25, -0.2) is 9.97 Å². The van der Waals surface area contributed by atoms with Crippen LogP contribution in [0, 0.1) is 5.92 Å². The maximum atomic E-state index is 12.5. The minimum absolute atomic E-state index is 0.0179. The van der Waals surface area contributed by atoms with Crippen LogP contribution < -0.4 is 5.32 Å². The number of thiazole rings is 1. The SMILES string of the molecule is O=C(Nc1nc(CC(=O)N2CCN(C(=O)C3CC3)CC2)cs1)c1cnccn1. The van der Waals surface area contributed by atoms with E-state index in [1.165, 1.54) is 29.9 Å². The fourth-order valence-corrected chi connectivity index (χ4v) is 3.76. The molecule has 0 bridgehead atoms. The van der Waals surface area contributed by atoms with E-state index in [9.17, 15) is 14.4 Å². The summed E-state index contributed by atoms with van der Waals surface area (Å²) in [6, 6.07) is 0. The van der Waals surface area contributed by atoms with Gasteiger partial charge in [-0.05, 0) is 12.8 Å². The lowest BCUT2D eigenvalue weighted by atomic mass is 10.2. The molecule has 1 aliphatic heterocycles. The van der Waals surface area contributed by atoms with E-state index in [1.807, 2.05) is 4.90 Å². The standard InChI is InChI=1S/C18H20N6O3S/c25-15(23-5-7-24(8-6-23)17(27)12-1-2-12)9-13-11-28-18(21-13)22-16(26)14-10-19-3-4-20-14/h3-4,10-12H,1-2,5-9H2,(H,21,22,26). The Bertz CT molecular complexity index is 874. The summed E-state index contributed by atoms with van der Waals surface area (Å²) in [5, 5.41) is 4.84. The lowest BCUT2D eigenvalue weighted by Crippen LogP contribution is -2.51. The van der Waals surface area contributed by atoms with E-state index in [0.29, 0.717) is 37.0 Å². The number of aromatic nitrogens is 3. The number of anilines is 1. The molecule has 0 spiro atoms. The van der Waals surface area contributed by atoms with Gasteiger partial charge >= 0.3 is 0 Å². The highest BCUT2D eigenvalue weighted by atomic mass is 32.1. The molecule has 2 fully saturated rings. The number of nitrogens with zero attached hydrogens (tertiary/aromatic N) is 5. The molecule has 4 rings (SSSR count). The highest BCUT2D eigenvalue weighted by molar-refractivity contribution is 7.14. The number of carbonyl (C=O) groups is 3. The summed E-state index contributed by atoms with van der Waals surface area (Å²) in [5.41, 5.74) is 0.815. The smallest absolute Gasteiger partial charge is 0.277 e. The summed E-state index contributed by atoms with van der Waals surface area (Å²) in [7, 11) is 0. The monoisotopic (exact) mass is 400 g/mol. The van der Waals surface area contributed by atoms with E-state index in [2.05, 4.69) is 20.3 Å². The van der Waals surface area contributed by atoms with Crippen molar-refractivity contribution in [1.29, 1.82) is 0 Å². The van der Waals surface area contributed by atoms with Crippen LogP contribution >= 0.6 is 11.3 Å². The van der Waals surface area contributed by atoms with Crippen molar-refractivity contribution in [1.82, 2.24) is 24.8 Å². The van der Waals surface area contributed by atoms with Gasteiger partial charge in [0, 0.05) is 49.9 Å². The first-order chi connectivity index (χ1) is 13.6. The van der Waals surface area contributed by atoms with Gasteiger partial charge in [-0.2, -0.15) is 0 Å². The van der Waals surface area contributed by atoms with Gasteiger partial charge in [0.15, 0.2) is 5.13 Å². The van der Waals surface area contributed by atoms with Crippen LogP contribution in [-0.4, -0.2) is 68.7 Å². The maximum absolute atomic E-state index is 12.5. The van der Waals surface area contributed by atoms with Crippen LogP contribution in [0.15, 0.2) is 24.0 Å². The molecule has 146 valence electrons. The third-order valence-electron chi connectivity index (χ3n) is 4.77. The first-order valence-corrected chi connectivity index (χ1v) is 10.1. The highest BCUT2D eigenvalue weighted by Gasteiger charge is 2.35. The number of amides is 3. The van der Waals surface area contributed by atoms with Crippen molar-refractivity contribution >= 4 is 34.2 Å². The van der Waals surface area contributed by atoms with Gasteiger partial charge in [-0.1, -0.05) is 0 Å². The molecule has 1 aliphatic carbocycles. The second-order valence-electron chi connectivity index (χ2n) is 6.85. The molecule has 9 nitrogen and oxygen atoms in total. The van der Waals surface area contributed by atoms with Crippen molar-refractivity contribution in [3.8, 4) is 0 Å². The molecule has 2 aliphatic rings. The van der Waals surface area contributed by atoms with E-state index >= 15 is 0 Å². The Kier molecular flexibility index (Phi) is 5.29. The maximum Gasteiger partial charge on any atom is 0.277 e. The Labute approximate surface area is 165 Å². The minimum atomic E-state index is -0.392. The van der Waals surface area contributed by atoms with Crippen molar-refractivity contribution in [3.05, 3.63) is 35.4 Å². The average molecular weight is 400 g/mol. The van der Waals surface area contributed by atoms with Gasteiger partial charge in [0.25, 0.3) is 5.91 Å². The van der Waals surface area contributed by atoms with Crippen molar-refractivity contribution in [2.45, 2.75) is 19.3 Å². The molecular formula is C18H20N6O3S. The molecule has 1 saturated heterocycles. The van der Waals surface area contributed by atoms with Gasteiger partial charge in [0.2, 0.25) is 11.8 Å². The van der Waals surface area contributed by atoms with E-state index in [-0.39, 0.29) is 29.8 Å². The molecule has 0 radical (unpaired) electrons. The van der Waals surface area contributed by atoms with Crippen LogP contribution in [0.1, 0.15) is 29.0 Å². The van der Waals surface area contributed by atoms with Gasteiger partial charge in [0.05, 0.1) is 18.3 Å². The van der Waals surface area contributed by atoms with E-state index in [1.54, 1.807) is 10.3 Å². The Morgan fingerprint density at radius 2 is 1.86 bits per heavy atom. The van der Waals surface area contributed by atoms with Crippen LogP contribution in [0.5, 0.6) is 0 Å². The molecule has 3 amide bonds. The second kappa shape index (κ2) is 8.01. The number of carbonyl (C=O) groups excluding carboxylic acids is 3. The molecule has 10 heteroatoms. The lowest BCUT2D eigenvalue weighted by molar-refractivity contribution is -0.140. The van der Waals surface area contributed by atoms with E-state index in [4.69, 9.17) is 0 Å². The topological polar surface area (TPSA) is 108 Å². The Morgan fingerprint density at radius 1 is 1.11 bits per heavy atom. The Hall–Kier alpha value is -2.88. The van der Waals surface area contributed by atoms with Crippen LogP contribution in [0.2, 0.25) is 0 Å². The molecule has 3 heterocycles. The van der Waals surface area contributed by atoms with Crippen molar-refractivity contribution in [2.24, 2.45) is 5.92 Å². The molecule has 0 aromatic carbocycles. The van der Waals surface area contributed by atoms with Crippen LogP contribution in [0.4, 0.5) is 5.13 Å². The molecule has 1 saturated carbocycles. The number of piperazine rings is 1. The fraction of sp³-hybridized carbons (Fsp3) is 0.444. The summed E-state index contributed by atoms with van der Waals surface area (Å²) in [5.74, 6) is 0.0373. The zero-order valence-corrected chi connectivity index (χ0v) is 16.0. The third-order valence-corrected chi connectivity index (χ3v) is 5.58. The molecule has 2 aromatic heterocycles. The summed E-state index contributed by atoms with van der Waals surface area (Å²) in [6.07, 6.45) is 6.48. The first-order valence-electron chi connectivity index (χ1n) is 9.18. The number of hydrogen-bond acceptors (Lipinski definition) is 7. The average Bonchev–Trinajstić information content (AvgIpc) is 3.49. The van der Waals surface area contributed by atoms with Crippen LogP contribution in [0.3, 0.4) is 0 Å². The molecule has 0 unspecified atom stereocenters. The van der Waals surface area contributed by atoms with Crippen molar-refractivity contribution < 1.29 is 14.4 Å². The van der Waals surface area contributed by atoms with E-state index < -0.39 is 5.91 Å². The van der Waals surface area contributed by atoms with Gasteiger partial charge in [-0.3, -0.25) is 24.7 Å². The van der Waals surface area contributed by atoms with Crippen LogP contribution in [0.25, 0.3) is 0 Å². The second-order valence-corrected chi connectivity index (χ2v) is 7.70. The predicted molar refractivity (Wildman–Crippen MR) is 102 cm³/mol. The first kappa shape index (κ1) is 18.5. The summed E-state index contributed by atoms with van der Waals surface area (Å²) < 4.78 is 0. The Morgan fingerprint density at radius 3 is 2.54 bits per heavy atom.